The van der Waals surface area contributed by atoms with Crippen LogP contribution in [0.5, 0.6) is 0 Å². The highest BCUT2D eigenvalue weighted by Gasteiger charge is 2.27. The first-order valence-corrected chi connectivity index (χ1v) is 9.89. The minimum absolute atomic E-state index is 0.282. The molecule has 0 aliphatic carbocycles. The number of hydrogen-bond acceptors (Lipinski definition) is 6. The maximum absolute atomic E-state index is 13.4. The van der Waals surface area contributed by atoms with Crippen molar-refractivity contribution in [1.82, 2.24) is 26.0 Å². The van der Waals surface area contributed by atoms with Gasteiger partial charge in [0.15, 0.2) is 0 Å². The van der Waals surface area contributed by atoms with Gasteiger partial charge in [-0.05, 0) is 50.2 Å². The molecule has 1 amide bonds. The van der Waals surface area contributed by atoms with Crippen LogP contribution in [0.3, 0.4) is 0 Å². The van der Waals surface area contributed by atoms with E-state index in [1.807, 2.05) is 0 Å². The largest absolute Gasteiger partial charge is 0.317 e. The fraction of sp³-hybridized carbons (Fsp3) is 0.316. The Bertz CT molecular complexity index is 963. The number of nitrogens with zero attached hydrogens (tertiary/aromatic N) is 2. The van der Waals surface area contributed by atoms with Crippen molar-refractivity contribution in [2.24, 2.45) is 0 Å². The SMILES string of the molecule is CONC(=O)c1csc(-c2c(-c3ccc(F)cc3)n[nH]c2C2CCNCC2)n1. The first-order chi connectivity index (χ1) is 13.7. The van der Waals surface area contributed by atoms with E-state index in [-0.39, 0.29) is 11.5 Å². The van der Waals surface area contributed by atoms with Gasteiger partial charge in [-0.15, -0.1) is 11.3 Å². The van der Waals surface area contributed by atoms with Crippen molar-refractivity contribution in [2.75, 3.05) is 20.2 Å². The van der Waals surface area contributed by atoms with Crippen molar-refractivity contribution in [3.8, 4) is 21.8 Å². The van der Waals surface area contributed by atoms with E-state index < -0.39 is 5.91 Å². The normalized spacial score (nSPS) is 14.9. The molecule has 0 spiro atoms. The molecule has 1 aliphatic rings. The highest BCUT2D eigenvalue weighted by molar-refractivity contribution is 7.13. The number of carbonyl (C=O) groups excluding carboxylic acids is 1. The van der Waals surface area contributed by atoms with Crippen molar-refractivity contribution in [2.45, 2.75) is 18.8 Å². The van der Waals surface area contributed by atoms with Gasteiger partial charge in [0.25, 0.3) is 5.91 Å². The average Bonchev–Trinajstić information content (AvgIpc) is 3.36. The van der Waals surface area contributed by atoms with Crippen molar-refractivity contribution < 1.29 is 14.0 Å². The molecule has 0 bridgehead atoms. The Labute approximate surface area is 165 Å². The number of thiazole rings is 1. The second-order valence-electron chi connectivity index (χ2n) is 6.57. The van der Waals surface area contributed by atoms with Crippen molar-refractivity contribution >= 4 is 17.2 Å². The summed E-state index contributed by atoms with van der Waals surface area (Å²) < 4.78 is 13.4. The molecule has 9 heteroatoms. The number of H-pyrrole nitrogens is 1. The summed E-state index contributed by atoms with van der Waals surface area (Å²) in [6.07, 6.45) is 1.97. The van der Waals surface area contributed by atoms with E-state index in [0.29, 0.717) is 16.6 Å². The second kappa shape index (κ2) is 8.17. The van der Waals surface area contributed by atoms with Crippen LogP contribution in [0.2, 0.25) is 0 Å². The van der Waals surface area contributed by atoms with E-state index in [0.717, 1.165) is 42.8 Å². The number of piperidine rings is 1. The van der Waals surface area contributed by atoms with Crippen LogP contribution in [0.4, 0.5) is 4.39 Å². The van der Waals surface area contributed by atoms with Crippen molar-refractivity contribution in [1.29, 1.82) is 0 Å². The zero-order valence-corrected chi connectivity index (χ0v) is 16.1. The summed E-state index contributed by atoms with van der Waals surface area (Å²) in [4.78, 5) is 21.2. The summed E-state index contributed by atoms with van der Waals surface area (Å²) in [7, 11) is 1.38. The number of aromatic amines is 1. The zero-order chi connectivity index (χ0) is 19.5. The number of carbonyl (C=O) groups is 1. The van der Waals surface area contributed by atoms with Gasteiger partial charge >= 0.3 is 0 Å². The Morgan fingerprint density at radius 3 is 2.75 bits per heavy atom. The molecule has 3 aromatic rings. The summed E-state index contributed by atoms with van der Waals surface area (Å²) >= 11 is 1.37. The first kappa shape index (κ1) is 18.7. The van der Waals surface area contributed by atoms with Gasteiger partial charge in [-0.2, -0.15) is 5.10 Å². The smallest absolute Gasteiger partial charge is 0.294 e. The molecule has 1 aliphatic heterocycles. The Morgan fingerprint density at radius 1 is 1.29 bits per heavy atom. The van der Waals surface area contributed by atoms with Crippen LogP contribution in [0.25, 0.3) is 21.8 Å². The summed E-state index contributed by atoms with van der Waals surface area (Å²) in [5.74, 6) is -0.384. The first-order valence-electron chi connectivity index (χ1n) is 9.01. The molecular weight excluding hydrogens is 381 g/mol. The molecular formula is C19H20FN5O2S. The Balaban J connectivity index is 1.79. The lowest BCUT2D eigenvalue weighted by Crippen LogP contribution is -2.27. The van der Waals surface area contributed by atoms with Crippen LogP contribution < -0.4 is 10.8 Å². The van der Waals surface area contributed by atoms with Crippen molar-refractivity contribution in [3.05, 3.63) is 46.9 Å². The molecule has 1 aromatic carbocycles. The third kappa shape index (κ3) is 3.68. The maximum atomic E-state index is 13.4. The third-order valence-corrected chi connectivity index (χ3v) is 5.66. The zero-order valence-electron chi connectivity index (χ0n) is 15.3. The lowest BCUT2D eigenvalue weighted by Gasteiger charge is -2.22. The monoisotopic (exact) mass is 401 g/mol. The Hall–Kier alpha value is -2.62. The summed E-state index contributed by atoms with van der Waals surface area (Å²) in [6, 6.07) is 6.23. The number of nitrogens with one attached hydrogen (secondary N) is 3. The molecule has 3 heterocycles. The minimum Gasteiger partial charge on any atom is -0.317 e. The Kier molecular flexibility index (Phi) is 5.47. The van der Waals surface area contributed by atoms with Crippen LogP contribution in [0, 0.1) is 5.82 Å². The summed E-state index contributed by atoms with van der Waals surface area (Å²) in [5.41, 5.74) is 5.95. The number of aromatic nitrogens is 3. The van der Waals surface area contributed by atoms with Gasteiger partial charge in [-0.1, -0.05) is 0 Å². The van der Waals surface area contributed by atoms with E-state index in [1.54, 1.807) is 17.5 Å². The molecule has 4 rings (SSSR count). The maximum Gasteiger partial charge on any atom is 0.294 e. The van der Waals surface area contributed by atoms with Gasteiger partial charge in [-0.3, -0.25) is 14.7 Å². The molecule has 3 N–H and O–H groups in total. The Morgan fingerprint density at radius 2 is 2.04 bits per heavy atom. The number of hydrogen-bond donors (Lipinski definition) is 3. The second-order valence-corrected chi connectivity index (χ2v) is 7.42. The molecule has 0 unspecified atom stereocenters. The summed E-state index contributed by atoms with van der Waals surface area (Å²) in [6.45, 7) is 1.88. The van der Waals surface area contributed by atoms with E-state index >= 15 is 0 Å². The van der Waals surface area contributed by atoms with Gasteiger partial charge in [0.05, 0.1) is 12.7 Å². The highest BCUT2D eigenvalue weighted by Crippen LogP contribution is 2.40. The molecule has 146 valence electrons. The number of hydroxylamine groups is 1. The molecule has 7 nitrogen and oxygen atoms in total. The lowest BCUT2D eigenvalue weighted by atomic mass is 9.91. The van der Waals surface area contributed by atoms with E-state index in [2.05, 4.69) is 30.8 Å². The van der Waals surface area contributed by atoms with Crippen LogP contribution in [0.15, 0.2) is 29.6 Å². The topological polar surface area (TPSA) is 91.9 Å². The fourth-order valence-electron chi connectivity index (χ4n) is 3.43. The number of halogens is 1. The third-order valence-electron chi connectivity index (χ3n) is 4.80. The quantitative estimate of drug-likeness (QED) is 0.572. The molecule has 0 saturated carbocycles. The minimum atomic E-state index is -0.403. The predicted molar refractivity (Wildman–Crippen MR) is 104 cm³/mol. The summed E-state index contributed by atoms with van der Waals surface area (Å²) in [5, 5.41) is 13.5. The fourth-order valence-corrected chi connectivity index (χ4v) is 4.29. The highest BCUT2D eigenvalue weighted by atomic mass is 32.1. The van der Waals surface area contributed by atoms with Crippen LogP contribution in [-0.2, 0) is 4.84 Å². The number of rotatable bonds is 5. The van der Waals surface area contributed by atoms with Crippen LogP contribution in [0.1, 0.15) is 34.9 Å². The lowest BCUT2D eigenvalue weighted by molar-refractivity contribution is 0.0533. The van der Waals surface area contributed by atoms with Crippen molar-refractivity contribution in [3.63, 3.8) is 0 Å². The average molecular weight is 401 g/mol. The van der Waals surface area contributed by atoms with Crippen LogP contribution >= 0.6 is 11.3 Å². The number of amides is 1. The number of benzene rings is 1. The van der Waals surface area contributed by atoms with Gasteiger partial charge in [0.1, 0.15) is 22.2 Å². The molecule has 0 radical (unpaired) electrons. The standard InChI is InChI=1S/C19H20FN5O2S/c1-27-25-18(26)14-10-28-19(22-14)15-16(11-2-4-13(20)5-3-11)23-24-17(15)12-6-8-21-9-7-12/h2-5,10,12,21H,6-9H2,1H3,(H,23,24)(H,25,26). The van der Waals surface area contributed by atoms with Gasteiger partial charge < -0.3 is 5.32 Å². The van der Waals surface area contributed by atoms with E-state index in [1.165, 1.54) is 30.6 Å². The van der Waals surface area contributed by atoms with Gasteiger partial charge in [0, 0.05) is 22.6 Å². The molecule has 28 heavy (non-hydrogen) atoms. The molecule has 1 fully saturated rings. The molecule has 0 atom stereocenters. The van der Waals surface area contributed by atoms with Gasteiger partial charge in [0.2, 0.25) is 0 Å². The molecule has 2 aromatic heterocycles. The van der Waals surface area contributed by atoms with E-state index in [9.17, 15) is 9.18 Å². The molecule has 1 saturated heterocycles. The van der Waals surface area contributed by atoms with E-state index in [4.69, 9.17) is 0 Å². The van der Waals surface area contributed by atoms with Gasteiger partial charge in [-0.25, -0.2) is 14.9 Å². The predicted octanol–water partition coefficient (Wildman–Crippen LogP) is 3.10. The van der Waals surface area contributed by atoms with Crippen LogP contribution in [-0.4, -0.2) is 41.3 Å².